The molecule has 4 heteroatoms. The first-order valence-corrected chi connectivity index (χ1v) is 9.34. The molecule has 0 amide bonds. The zero-order valence-corrected chi connectivity index (χ0v) is 18.4. The van der Waals surface area contributed by atoms with Gasteiger partial charge in [-0.1, -0.05) is 13.8 Å². The predicted molar refractivity (Wildman–Crippen MR) is 107 cm³/mol. The molecule has 0 aliphatic heterocycles. The minimum atomic E-state index is -0.0143. The number of hydrogen-bond acceptors (Lipinski definition) is 4. The Hall–Kier alpha value is -0.160. The smallest absolute Gasteiger partial charge is 0.0599 e. The van der Waals surface area contributed by atoms with Crippen LogP contribution in [-0.4, -0.2) is 49.6 Å². The first-order chi connectivity index (χ1) is 10.6. The molecule has 0 saturated heterocycles. The Labute approximate surface area is 152 Å². The number of nitrogens with one attached hydrogen (secondary N) is 2. The molecule has 0 aromatic heterocycles. The van der Waals surface area contributed by atoms with Crippen LogP contribution in [0.3, 0.4) is 0 Å². The lowest BCUT2D eigenvalue weighted by Crippen LogP contribution is -2.39. The fraction of sp³-hybridized carbons (Fsp3) is 1.00. The molecule has 0 saturated carbocycles. The van der Waals surface area contributed by atoms with Crippen molar-refractivity contribution in [3.05, 3.63) is 0 Å². The van der Waals surface area contributed by atoms with Crippen LogP contribution in [0.2, 0.25) is 0 Å². The Morgan fingerprint density at radius 1 is 0.708 bits per heavy atom. The Bertz CT molecular complexity index is 267. The van der Waals surface area contributed by atoms with Gasteiger partial charge in [0.1, 0.15) is 0 Å². The van der Waals surface area contributed by atoms with Gasteiger partial charge in [0.25, 0.3) is 0 Å². The normalized spacial score (nSPS) is 13.0. The summed E-state index contributed by atoms with van der Waals surface area (Å²) in [7, 11) is 0. The minimum absolute atomic E-state index is 0.0143. The first-order valence-electron chi connectivity index (χ1n) is 9.34. The summed E-state index contributed by atoms with van der Waals surface area (Å²) in [5.74, 6) is 0.639. The van der Waals surface area contributed by atoms with Gasteiger partial charge in [0.2, 0.25) is 0 Å². The van der Waals surface area contributed by atoms with Gasteiger partial charge in [-0.25, -0.2) is 0 Å². The van der Waals surface area contributed by atoms with Crippen LogP contribution in [0.4, 0.5) is 0 Å². The highest BCUT2D eigenvalue weighted by Gasteiger charge is 2.11. The van der Waals surface area contributed by atoms with E-state index in [-0.39, 0.29) is 16.7 Å². The number of rotatable bonds is 8. The van der Waals surface area contributed by atoms with Gasteiger partial charge in [0, 0.05) is 30.8 Å². The molecule has 0 unspecified atom stereocenters. The van der Waals surface area contributed by atoms with Gasteiger partial charge in [-0.05, 0) is 68.2 Å². The molecular weight excluding hydrogens is 300 g/mol. The highest BCUT2D eigenvalue weighted by molar-refractivity contribution is 4.70. The third kappa shape index (κ3) is 29.8. The molecular formula is C20H46N2O2. The Morgan fingerprint density at radius 3 is 1.46 bits per heavy atom. The second-order valence-electron chi connectivity index (χ2n) is 9.78. The third-order valence-corrected chi connectivity index (χ3v) is 2.65. The topological polar surface area (TPSA) is 42.5 Å². The SMILES string of the molecule is CC(C)(C)NCCOC(C)(C)C.CC(C)COCCNC(C)(C)C. The van der Waals surface area contributed by atoms with Crippen molar-refractivity contribution in [2.24, 2.45) is 5.92 Å². The second kappa shape index (κ2) is 12.2. The van der Waals surface area contributed by atoms with Crippen LogP contribution in [0.25, 0.3) is 0 Å². The summed E-state index contributed by atoms with van der Waals surface area (Å²) in [5, 5.41) is 6.74. The summed E-state index contributed by atoms with van der Waals surface area (Å²) >= 11 is 0. The van der Waals surface area contributed by atoms with E-state index in [2.05, 4.69) is 86.8 Å². The van der Waals surface area contributed by atoms with Crippen molar-refractivity contribution in [2.45, 2.75) is 92.8 Å². The van der Waals surface area contributed by atoms with Crippen molar-refractivity contribution in [3.8, 4) is 0 Å². The lowest BCUT2D eigenvalue weighted by atomic mass is 10.1. The van der Waals surface area contributed by atoms with E-state index in [9.17, 15) is 0 Å². The Balaban J connectivity index is 0. The molecule has 0 atom stereocenters. The van der Waals surface area contributed by atoms with Gasteiger partial charge in [-0.3, -0.25) is 0 Å². The maximum absolute atomic E-state index is 5.56. The largest absolute Gasteiger partial charge is 0.380 e. The maximum Gasteiger partial charge on any atom is 0.0599 e. The molecule has 0 aliphatic carbocycles. The lowest BCUT2D eigenvalue weighted by Gasteiger charge is -2.23. The molecule has 2 N–H and O–H groups in total. The first kappa shape index (κ1) is 26.1. The fourth-order valence-corrected chi connectivity index (χ4v) is 1.60. The lowest BCUT2D eigenvalue weighted by molar-refractivity contribution is -0.00255. The summed E-state index contributed by atoms with van der Waals surface area (Å²) in [6.45, 7) is 27.8. The molecule has 0 aliphatic rings. The van der Waals surface area contributed by atoms with E-state index >= 15 is 0 Å². The van der Waals surface area contributed by atoms with Gasteiger partial charge >= 0.3 is 0 Å². The maximum atomic E-state index is 5.56. The second-order valence-corrected chi connectivity index (χ2v) is 9.78. The molecule has 0 rings (SSSR count). The van der Waals surface area contributed by atoms with Gasteiger partial charge < -0.3 is 20.1 Å². The van der Waals surface area contributed by atoms with Crippen LogP contribution >= 0.6 is 0 Å². The number of ether oxygens (including phenoxy) is 2. The van der Waals surface area contributed by atoms with Crippen LogP contribution in [0.15, 0.2) is 0 Å². The van der Waals surface area contributed by atoms with E-state index in [1.165, 1.54) is 0 Å². The Kier molecular flexibility index (Phi) is 13.3. The zero-order chi connectivity index (χ0) is 19.4. The predicted octanol–water partition coefficient (Wildman–Crippen LogP) is 4.24. The summed E-state index contributed by atoms with van der Waals surface area (Å²) in [6.07, 6.45) is 0. The standard InChI is InChI=1S/2C10H23NO/c1-9(2,3)11-7-8-12-10(4,5)6;1-9(2)8-12-7-6-11-10(3,4)5/h11H,7-8H2,1-6H3;9,11H,6-8H2,1-5H3. The quantitative estimate of drug-likeness (QED) is 0.645. The van der Waals surface area contributed by atoms with Crippen LogP contribution in [0.1, 0.15) is 76.2 Å². The summed E-state index contributed by atoms with van der Waals surface area (Å²) in [6, 6.07) is 0. The fourth-order valence-electron chi connectivity index (χ4n) is 1.60. The third-order valence-electron chi connectivity index (χ3n) is 2.65. The van der Waals surface area contributed by atoms with Crippen LogP contribution in [0.5, 0.6) is 0 Å². The van der Waals surface area contributed by atoms with Gasteiger partial charge in [0.05, 0.1) is 18.8 Å². The van der Waals surface area contributed by atoms with Gasteiger partial charge in [-0.2, -0.15) is 0 Å². The molecule has 0 aromatic carbocycles. The van der Waals surface area contributed by atoms with E-state index in [0.717, 1.165) is 32.9 Å². The molecule has 148 valence electrons. The van der Waals surface area contributed by atoms with Crippen molar-refractivity contribution < 1.29 is 9.47 Å². The minimum Gasteiger partial charge on any atom is -0.380 e. The molecule has 24 heavy (non-hydrogen) atoms. The molecule has 0 bridgehead atoms. The van der Waals surface area contributed by atoms with Gasteiger partial charge in [0.15, 0.2) is 0 Å². The van der Waals surface area contributed by atoms with Crippen LogP contribution in [0, 0.1) is 5.92 Å². The van der Waals surface area contributed by atoms with Crippen molar-refractivity contribution >= 4 is 0 Å². The van der Waals surface area contributed by atoms with Crippen molar-refractivity contribution in [1.29, 1.82) is 0 Å². The monoisotopic (exact) mass is 346 g/mol. The molecule has 0 aromatic rings. The van der Waals surface area contributed by atoms with Crippen LogP contribution < -0.4 is 10.6 Å². The molecule has 0 heterocycles. The Morgan fingerprint density at radius 2 is 1.12 bits per heavy atom. The van der Waals surface area contributed by atoms with Crippen LogP contribution in [-0.2, 0) is 9.47 Å². The van der Waals surface area contributed by atoms with Crippen molar-refractivity contribution in [2.75, 3.05) is 32.9 Å². The molecule has 4 nitrogen and oxygen atoms in total. The van der Waals surface area contributed by atoms with E-state index in [0.29, 0.717) is 5.92 Å². The molecule has 0 radical (unpaired) electrons. The van der Waals surface area contributed by atoms with E-state index in [4.69, 9.17) is 9.47 Å². The van der Waals surface area contributed by atoms with Crippen molar-refractivity contribution in [3.63, 3.8) is 0 Å². The molecule has 0 fully saturated rings. The highest BCUT2D eigenvalue weighted by Crippen LogP contribution is 2.05. The van der Waals surface area contributed by atoms with E-state index in [1.54, 1.807) is 0 Å². The summed E-state index contributed by atoms with van der Waals surface area (Å²) in [4.78, 5) is 0. The average Bonchev–Trinajstić information content (AvgIpc) is 2.31. The number of hydrogen-bond donors (Lipinski definition) is 2. The average molecular weight is 347 g/mol. The summed E-state index contributed by atoms with van der Waals surface area (Å²) < 4.78 is 11.0. The zero-order valence-electron chi connectivity index (χ0n) is 18.4. The highest BCUT2D eigenvalue weighted by atomic mass is 16.5. The summed E-state index contributed by atoms with van der Waals surface area (Å²) in [5.41, 5.74) is 0.391. The van der Waals surface area contributed by atoms with Gasteiger partial charge in [-0.15, -0.1) is 0 Å². The van der Waals surface area contributed by atoms with E-state index in [1.807, 2.05) is 0 Å². The van der Waals surface area contributed by atoms with Crippen molar-refractivity contribution in [1.82, 2.24) is 10.6 Å². The van der Waals surface area contributed by atoms with E-state index < -0.39 is 0 Å². The molecule has 0 spiro atoms.